The van der Waals surface area contributed by atoms with Crippen LogP contribution < -0.4 is 0 Å². The Morgan fingerprint density at radius 3 is 2.43 bits per heavy atom. The second kappa shape index (κ2) is 7.29. The summed E-state index contributed by atoms with van der Waals surface area (Å²) in [5.41, 5.74) is -0.761. The van der Waals surface area contributed by atoms with Gasteiger partial charge in [-0.3, -0.25) is 4.79 Å². The highest BCUT2D eigenvalue weighted by atomic mass is 79.9. The monoisotopic (exact) mass is 365 g/mol. The van der Waals surface area contributed by atoms with Gasteiger partial charge in [-0.1, -0.05) is 36.2 Å². The number of rotatable bonds is 5. The van der Waals surface area contributed by atoms with E-state index in [1.165, 1.54) is 12.1 Å². The van der Waals surface area contributed by atoms with Gasteiger partial charge in [-0.05, 0) is 31.0 Å². The molecule has 1 atom stereocenters. The highest BCUT2D eigenvalue weighted by Gasteiger charge is 2.34. The van der Waals surface area contributed by atoms with Crippen LogP contribution in [-0.2, 0) is 6.18 Å². The maximum atomic E-state index is 12.9. The number of halogens is 4. The molecule has 0 radical (unpaired) electrons. The van der Waals surface area contributed by atoms with Crippen molar-refractivity contribution in [1.29, 1.82) is 0 Å². The van der Waals surface area contributed by atoms with Crippen molar-refractivity contribution >= 4 is 21.8 Å². The Kier molecular flexibility index (Phi) is 6.25. The summed E-state index contributed by atoms with van der Waals surface area (Å²) in [6.07, 6.45) is -3.57. The van der Waals surface area contributed by atoms with Crippen molar-refractivity contribution in [2.75, 3.05) is 13.1 Å². The van der Waals surface area contributed by atoms with E-state index in [4.69, 9.17) is 0 Å². The quantitative estimate of drug-likeness (QED) is 0.720. The highest BCUT2D eigenvalue weighted by molar-refractivity contribution is 9.10. The molecule has 1 aromatic rings. The highest BCUT2D eigenvalue weighted by Crippen LogP contribution is 2.35. The molecular weight excluding hydrogens is 347 g/mol. The van der Waals surface area contributed by atoms with Gasteiger partial charge in [0.1, 0.15) is 0 Å². The molecule has 2 nitrogen and oxygen atoms in total. The average Bonchev–Trinajstić information content (AvgIpc) is 2.42. The van der Waals surface area contributed by atoms with Crippen LogP contribution in [0.15, 0.2) is 22.7 Å². The lowest BCUT2D eigenvalue weighted by Gasteiger charge is -2.24. The Morgan fingerprint density at radius 1 is 1.33 bits per heavy atom. The normalized spacial score (nSPS) is 13.1. The number of carbonyl (C=O) groups excluding carboxylic acids is 1. The van der Waals surface area contributed by atoms with Crippen LogP contribution >= 0.6 is 15.9 Å². The summed E-state index contributed by atoms with van der Waals surface area (Å²) in [4.78, 5) is 13.9. The van der Waals surface area contributed by atoms with Crippen LogP contribution in [0.5, 0.6) is 0 Å². The topological polar surface area (TPSA) is 20.3 Å². The predicted octanol–water partition coefficient (Wildman–Crippen LogP) is 4.98. The van der Waals surface area contributed by atoms with Crippen LogP contribution in [0.2, 0.25) is 0 Å². The zero-order chi connectivity index (χ0) is 16.2. The zero-order valence-electron chi connectivity index (χ0n) is 12.3. The van der Waals surface area contributed by atoms with Crippen molar-refractivity contribution < 1.29 is 18.0 Å². The number of hydrogen-bond donors (Lipinski definition) is 0. The molecule has 1 unspecified atom stereocenters. The summed E-state index contributed by atoms with van der Waals surface area (Å²) >= 11 is 2.88. The minimum atomic E-state index is -4.48. The summed E-state index contributed by atoms with van der Waals surface area (Å²) < 4.78 is 38.6. The van der Waals surface area contributed by atoms with Crippen molar-refractivity contribution in [2.45, 2.75) is 33.4 Å². The summed E-state index contributed by atoms with van der Waals surface area (Å²) in [6.45, 7) is 6.87. The number of nitrogens with zero attached hydrogens (tertiary/aromatic N) is 1. The molecule has 0 aromatic heterocycles. The van der Waals surface area contributed by atoms with Gasteiger partial charge in [-0.25, -0.2) is 0 Å². The number of hydrogen-bond acceptors (Lipinski definition) is 1. The molecule has 0 bridgehead atoms. The van der Waals surface area contributed by atoms with Crippen LogP contribution in [0.1, 0.15) is 43.1 Å². The lowest BCUT2D eigenvalue weighted by molar-refractivity contribution is -0.138. The van der Waals surface area contributed by atoms with Crippen molar-refractivity contribution in [2.24, 2.45) is 5.92 Å². The second-order valence-electron chi connectivity index (χ2n) is 5.05. The fourth-order valence-corrected chi connectivity index (χ4v) is 2.39. The van der Waals surface area contributed by atoms with E-state index in [0.717, 1.165) is 12.5 Å². The van der Waals surface area contributed by atoms with Crippen LogP contribution in [0.25, 0.3) is 0 Å². The minimum absolute atomic E-state index is 0.0588. The fraction of sp³-hybridized carbons (Fsp3) is 0.533. The third-order valence-electron chi connectivity index (χ3n) is 3.42. The molecule has 0 saturated carbocycles. The molecule has 1 amide bonds. The van der Waals surface area contributed by atoms with E-state index < -0.39 is 11.7 Å². The molecule has 0 aliphatic heterocycles. The van der Waals surface area contributed by atoms with Crippen molar-refractivity contribution in [3.05, 3.63) is 33.8 Å². The van der Waals surface area contributed by atoms with Crippen LogP contribution in [0, 0.1) is 5.92 Å². The van der Waals surface area contributed by atoms with Gasteiger partial charge < -0.3 is 4.90 Å². The molecule has 6 heteroatoms. The van der Waals surface area contributed by atoms with Crippen molar-refractivity contribution in [3.63, 3.8) is 0 Å². The summed E-state index contributed by atoms with van der Waals surface area (Å²) in [7, 11) is 0. The first-order valence-corrected chi connectivity index (χ1v) is 7.66. The molecule has 0 N–H and O–H groups in total. The van der Waals surface area contributed by atoms with Gasteiger partial charge in [-0.15, -0.1) is 0 Å². The van der Waals surface area contributed by atoms with E-state index in [0.29, 0.717) is 19.0 Å². The Balaban J connectivity index is 3.06. The van der Waals surface area contributed by atoms with Gasteiger partial charge in [0.05, 0.1) is 5.56 Å². The van der Waals surface area contributed by atoms with E-state index in [9.17, 15) is 18.0 Å². The molecule has 0 aliphatic carbocycles. The zero-order valence-corrected chi connectivity index (χ0v) is 13.9. The molecule has 0 aliphatic rings. The second-order valence-corrected chi connectivity index (χ2v) is 5.90. The van der Waals surface area contributed by atoms with E-state index in [2.05, 4.69) is 15.9 Å². The third-order valence-corrected chi connectivity index (χ3v) is 4.11. The van der Waals surface area contributed by atoms with E-state index in [1.807, 2.05) is 20.8 Å². The summed E-state index contributed by atoms with van der Waals surface area (Å²) in [5, 5.41) is 0. The smallest absolute Gasteiger partial charge is 0.339 e. The molecule has 21 heavy (non-hydrogen) atoms. The van der Waals surface area contributed by atoms with Crippen LogP contribution in [0.4, 0.5) is 13.2 Å². The van der Waals surface area contributed by atoms with Crippen molar-refractivity contribution in [1.82, 2.24) is 4.90 Å². The molecule has 0 spiro atoms. The molecule has 118 valence electrons. The largest absolute Gasteiger partial charge is 0.417 e. The maximum Gasteiger partial charge on any atom is 0.417 e. The molecule has 0 saturated heterocycles. The predicted molar refractivity (Wildman–Crippen MR) is 80.2 cm³/mol. The first-order chi connectivity index (χ1) is 9.70. The van der Waals surface area contributed by atoms with Crippen molar-refractivity contribution in [3.8, 4) is 0 Å². The Morgan fingerprint density at radius 2 is 1.95 bits per heavy atom. The average molecular weight is 366 g/mol. The standard InChI is InChI=1S/C15H19BrF3NO/c1-4-10(3)9-20(5-2)14(21)11-6-7-13(16)12(8-11)15(17,18)19/h6-8,10H,4-5,9H2,1-3H3. The summed E-state index contributed by atoms with van der Waals surface area (Å²) in [5.74, 6) is -0.0535. The Bertz CT molecular complexity index is 502. The number of alkyl halides is 3. The SMILES string of the molecule is CCC(C)CN(CC)C(=O)c1ccc(Br)c(C(F)(F)F)c1. The number of amides is 1. The fourth-order valence-electron chi connectivity index (χ4n) is 1.92. The van der Waals surface area contributed by atoms with E-state index in [1.54, 1.807) is 4.90 Å². The minimum Gasteiger partial charge on any atom is -0.339 e. The molecular formula is C15H19BrF3NO. The molecule has 1 aromatic carbocycles. The molecule has 0 fully saturated rings. The number of benzene rings is 1. The lowest BCUT2D eigenvalue weighted by atomic mass is 10.1. The third kappa shape index (κ3) is 4.73. The van der Waals surface area contributed by atoms with Gasteiger partial charge in [0.15, 0.2) is 0 Å². The molecule has 1 rings (SSSR count). The maximum absolute atomic E-state index is 12.9. The first kappa shape index (κ1) is 18.0. The van der Waals surface area contributed by atoms with Gasteiger partial charge >= 0.3 is 6.18 Å². The van der Waals surface area contributed by atoms with E-state index in [-0.39, 0.29) is 15.9 Å². The van der Waals surface area contributed by atoms with Gasteiger partial charge in [0.25, 0.3) is 5.91 Å². The Labute approximate surface area is 131 Å². The Hall–Kier alpha value is -1.04. The van der Waals surface area contributed by atoms with Crippen LogP contribution in [-0.4, -0.2) is 23.9 Å². The first-order valence-electron chi connectivity index (χ1n) is 6.86. The van der Waals surface area contributed by atoms with Crippen LogP contribution in [0.3, 0.4) is 0 Å². The van der Waals surface area contributed by atoms with Gasteiger partial charge in [0, 0.05) is 23.1 Å². The van der Waals surface area contributed by atoms with Gasteiger partial charge in [-0.2, -0.15) is 13.2 Å². The molecule has 0 heterocycles. The number of carbonyl (C=O) groups is 1. The lowest BCUT2D eigenvalue weighted by Crippen LogP contribution is -2.34. The van der Waals surface area contributed by atoms with E-state index >= 15 is 0 Å². The van der Waals surface area contributed by atoms with Gasteiger partial charge in [0.2, 0.25) is 0 Å². The summed E-state index contributed by atoms with van der Waals surface area (Å²) in [6, 6.07) is 3.60.